The summed E-state index contributed by atoms with van der Waals surface area (Å²) in [5.74, 6) is -1.63. The molecular formula is C17H18ClF2N. The first kappa shape index (κ1) is 15.9. The molecule has 21 heavy (non-hydrogen) atoms. The van der Waals surface area contributed by atoms with Crippen LogP contribution in [0.25, 0.3) is 0 Å². The summed E-state index contributed by atoms with van der Waals surface area (Å²) < 4.78 is 28.1. The fourth-order valence-corrected chi connectivity index (χ4v) is 2.69. The first-order chi connectivity index (χ1) is 9.95. The standard InChI is InChI=1S/C17H18ClF2N/c1-4-21-17(12-7-5-10(2)9-14(12)18)13-8-6-11(3)15(19)16(13)20/h5-9,17,21H,4H2,1-3H3. The average Bonchev–Trinajstić information content (AvgIpc) is 2.44. The number of hydrogen-bond acceptors (Lipinski definition) is 1. The van der Waals surface area contributed by atoms with Crippen molar-refractivity contribution in [3.05, 3.63) is 69.2 Å². The second-order valence-electron chi connectivity index (χ2n) is 5.12. The van der Waals surface area contributed by atoms with E-state index in [1.165, 1.54) is 0 Å². The fourth-order valence-electron chi connectivity index (χ4n) is 2.34. The van der Waals surface area contributed by atoms with Crippen LogP contribution in [-0.4, -0.2) is 6.54 Å². The molecular weight excluding hydrogens is 292 g/mol. The van der Waals surface area contributed by atoms with Crippen molar-refractivity contribution in [2.24, 2.45) is 0 Å². The zero-order chi connectivity index (χ0) is 15.6. The van der Waals surface area contributed by atoms with Crippen molar-refractivity contribution >= 4 is 11.6 Å². The summed E-state index contributed by atoms with van der Waals surface area (Å²) in [5.41, 5.74) is 2.33. The van der Waals surface area contributed by atoms with Crippen molar-refractivity contribution in [1.82, 2.24) is 5.32 Å². The van der Waals surface area contributed by atoms with Crippen molar-refractivity contribution in [2.75, 3.05) is 6.54 Å². The van der Waals surface area contributed by atoms with Crippen LogP contribution in [0.2, 0.25) is 5.02 Å². The van der Waals surface area contributed by atoms with Gasteiger partial charge >= 0.3 is 0 Å². The summed E-state index contributed by atoms with van der Waals surface area (Å²) in [6.45, 7) is 6.01. The molecule has 1 atom stereocenters. The first-order valence-corrected chi connectivity index (χ1v) is 7.27. The van der Waals surface area contributed by atoms with Crippen LogP contribution < -0.4 is 5.32 Å². The van der Waals surface area contributed by atoms with E-state index in [4.69, 9.17) is 11.6 Å². The Hall–Kier alpha value is -1.45. The third-order valence-electron chi connectivity index (χ3n) is 3.49. The predicted octanol–water partition coefficient (Wildman–Crippen LogP) is 4.93. The van der Waals surface area contributed by atoms with Crippen molar-refractivity contribution in [3.63, 3.8) is 0 Å². The molecule has 2 rings (SSSR count). The summed E-state index contributed by atoms with van der Waals surface area (Å²) in [5, 5.41) is 3.71. The number of aryl methyl sites for hydroxylation is 2. The van der Waals surface area contributed by atoms with Gasteiger partial charge in [-0.2, -0.15) is 0 Å². The van der Waals surface area contributed by atoms with E-state index in [0.717, 1.165) is 11.1 Å². The molecule has 1 N–H and O–H groups in total. The van der Waals surface area contributed by atoms with Gasteiger partial charge in [0.15, 0.2) is 11.6 Å². The lowest BCUT2D eigenvalue weighted by atomic mass is 9.96. The van der Waals surface area contributed by atoms with Gasteiger partial charge in [-0.3, -0.25) is 0 Å². The van der Waals surface area contributed by atoms with Gasteiger partial charge < -0.3 is 5.32 Å². The minimum atomic E-state index is -0.822. The number of nitrogens with one attached hydrogen (secondary N) is 1. The van der Waals surface area contributed by atoms with Gasteiger partial charge in [0.2, 0.25) is 0 Å². The Bertz CT molecular complexity index is 655. The zero-order valence-electron chi connectivity index (χ0n) is 12.3. The van der Waals surface area contributed by atoms with Crippen molar-refractivity contribution in [2.45, 2.75) is 26.8 Å². The molecule has 0 aliphatic rings. The monoisotopic (exact) mass is 309 g/mol. The van der Waals surface area contributed by atoms with Gasteiger partial charge in [0.05, 0.1) is 6.04 Å². The highest BCUT2D eigenvalue weighted by Crippen LogP contribution is 2.31. The Labute approximate surface area is 128 Å². The second-order valence-corrected chi connectivity index (χ2v) is 5.52. The maximum atomic E-state index is 14.3. The predicted molar refractivity (Wildman–Crippen MR) is 82.8 cm³/mol. The van der Waals surface area contributed by atoms with E-state index in [1.54, 1.807) is 19.1 Å². The smallest absolute Gasteiger partial charge is 0.164 e. The molecule has 0 saturated carbocycles. The van der Waals surface area contributed by atoms with Crippen LogP contribution >= 0.6 is 11.6 Å². The summed E-state index contributed by atoms with van der Waals surface area (Å²) >= 11 is 6.28. The lowest BCUT2D eigenvalue weighted by Crippen LogP contribution is -2.24. The van der Waals surface area contributed by atoms with Crippen molar-refractivity contribution in [1.29, 1.82) is 0 Å². The molecule has 112 valence electrons. The molecule has 0 bridgehead atoms. The number of benzene rings is 2. The molecule has 0 aliphatic heterocycles. The Balaban J connectivity index is 2.56. The SMILES string of the molecule is CCNC(c1ccc(C)cc1Cl)c1ccc(C)c(F)c1F. The third-order valence-corrected chi connectivity index (χ3v) is 3.82. The largest absolute Gasteiger partial charge is 0.306 e. The number of halogens is 3. The molecule has 0 saturated heterocycles. The van der Waals surface area contributed by atoms with E-state index >= 15 is 0 Å². The lowest BCUT2D eigenvalue weighted by Gasteiger charge is -2.21. The molecule has 0 aliphatic carbocycles. The van der Waals surface area contributed by atoms with Crippen LogP contribution in [0.1, 0.15) is 35.2 Å². The summed E-state index contributed by atoms with van der Waals surface area (Å²) in [6, 6.07) is 8.30. The van der Waals surface area contributed by atoms with Gasteiger partial charge in [0.25, 0.3) is 0 Å². The van der Waals surface area contributed by atoms with E-state index in [0.29, 0.717) is 17.1 Å². The first-order valence-electron chi connectivity index (χ1n) is 6.89. The Morgan fingerprint density at radius 1 is 1.05 bits per heavy atom. The van der Waals surface area contributed by atoms with Gasteiger partial charge in [0.1, 0.15) is 0 Å². The second kappa shape index (κ2) is 6.54. The fraction of sp³-hybridized carbons (Fsp3) is 0.294. The molecule has 2 aromatic rings. The summed E-state index contributed by atoms with van der Waals surface area (Å²) in [7, 11) is 0. The van der Waals surface area contributed by atoms with Gasteiger partial charge in [-0.05, 0) is 43.1 Å². The topological polar surface area (TPSA) is 12.0 Å². The van der Waals surface area contributed by atoms with E-state index in [1.807, 2.05) is 32.0 Å². The maximum absolute atomic E-state index is 14.3. The Morgan fingerprint density at radius 2 is 1.71 bits per heavy atom. The molecule has 0 amide bonds. The summed E-state index contributed by atoms with van der Waals surface area (Å²) in [4.78, 5) is 0. The third kappa shape index (κ3) is 3.25. The van der Waals surface area contributed by atoms with Crippen LogP contribution in [-0.2, 0) is 0 Å². The quantitative estimate of drug-likeness (QED) is 0.844. The average molecular weight is 310 g/mol. The highest BCUT2D eigenvalue weighted by atomic mass is 35.5. The van der Waals surface area contributed by atoms with E-state index in [9.17, 15) is 8.78 Å². The lowest BCUT2D eigenvalue weighted by molar-refractivity contribution is 0.478. The summed E-state index contributed by atoms with van der Waals surface area (Å²) in [6.07, 6.45) is 0. The molecule has 0 radical (unpaired) electrons. The van der Waals surface area contributed by atoms with E-state index in [-0.39, 0.29) is 5.56 Å². The molecule has 0 spiro atoms. The molecule has 4 heteroatoms. The van der Waals surface area contributed by atoms with E-state index in [2.05, 4.69) is 5.32 Å². The van der Waals surface area contributed by atoms with Crippen LogP contribution in [0.4, 0.5) is 8.78 Å². The minimum Gasteiger partial charge on any atom is -0.306 e. The van der Waals surface area contributed by atoms with Gasteiger partial charge in [-0.25, -0.2) is 8.78 Å². The zero-order valence-corrected chi connectivity index (χ0v) is 13.1. The maximum Gasteiger partial charge on any atom is 0.164 e. The minimum absolute atomic E-state index is 0.269. The van der Waals surface area contributed by atoms with Crippen LogP contribution in [0, 0.1) is 25.5 Å². The number of hydrogen-bond donors (Lipinski definition) is 1. The van der Waals surface area contributed by atoms with Crippen molar-refractivity contribution < 1.29 is 8.78 Å². The molecule has 0 aromatic heterocycles. The Kier molecular flexibility index (Phi) is 4.96. The Morgan fingerprint density at radius 3 is 2.33 bits per heavy atom. The molecule has 1 unspecified atom stereocenters. The van der Waals surface area contributed by atoms with E-state index < -0.39 is 17.7 Å². The van der Waals surface area contributed by atoms with Gasteiger partial charge in [0, 0.05) is 10.6 Å². The normalized spacial score (nSPS) is 12.5. The molecule has 0 heterocycles. The van der Waals surface area contributed by atoms with Gasteiger partial charge in [-0.15, -0.1) is 0 Å². The molecule has 2 aromatic carbocycles. The molecule has 1 nitrogen and oxygen atoms in total. The highest BCUT2D eigenvalue weighted by molar-refractivity contribution is 6.31. The van der Waals surface area contributed by atoms with Gasteiger partial charge in [-0.1, -0.05) is 42.8 Å². The highest BCUT2D eigenvalue weighted by Gasteiger charge is 2.22. The number of rotatable bonds is 4. The van der Waals surface area contributed by atoms with Crippen LogP contribution in [0.5, 0.6) is 0 Å². The van der Waals surface area contributed by atoms with Crippen LogP contribution in [0.15, 0.2) is 30.3 Å². The van der Waals surface area contributed by atoms with Crippen LogP contribution in [0.3, 0.4) is 0 Å². The van der Waals surface area contributed by atoms with Crippen molar-refractivity contribution in [3.8, 4) is 0 Å². The molecule has 0 fully saturated rings.